The molecule has 0 radical (unpaired) electrons. The van der Waals surface area contributed by atoms with Crippen molar-refractivity contribution < 1.29 is 18.0 Å². The number of carbonyl (C=O) groups excluding carboxylic acids is 1. The molecule has 23 heavy (non-hydrogen) atoms. The third kappa shape index (κ3) is 5.11. The number of amides is 1. The minimum absolute atomic E-state index is 0. The number of piperidine rings is 1. The molecular weight excluding hydrogens is 329 g/mol. The van der Waals surface area contributed by atoms with Gasteiger partial charge in [-0.3, -0.25) is 4.79 Å². The van der Waals surface area contributed by atoms with Crippen LogP contribution in [0.25, 0.3) is 0 Å². The molecule has 1 aromatic rings. The first kappa shape index (κ1) is 19.8. The van der Waals surface area contributed by atoms with Gasteiger partial charge in [-0.15, -0.1) is 12.4 Å². The number of benzene rings is 1. The summed E-state index contributed by atoms with van der Waals surface area (Å²) in [7, 11) is 0. The summed E-state index contributed by atoms with van der Waals surface area (Å²) in [4.78, 5) is 14.0. The van der Waals surface area contributed by atoms with Crippen LogP contribution in [0, 0.1) is 5.92 Å². The molecule has 2 N–H and O–H groups in total. The number of carbonyl (C=O) groups is 1. The van der Waals surface area contributed by atoms with E-state index in [0.29, 0.717) is 13.1 Å². The van der Waals surface area contributed by atoms with Crippen molar-refractivity contribution in [3.05, 3.63) is 35.4 Å². The molecule has 0 bridgehead atoms. The second kappa shape index (κ2) is 8.02. The number of nitrogens with two attached hydrogens (primary N) is 1. The molecule has 7 heteroatoms. The Hall–Kier alpha value is -1.27. The maximum absolute atomic E-state index is 13.0. The summed E-state index contributed by atoms with van der Waals surface area (Å²) in [5.41, 5.74) is 5.17. The molecule has 0 spiro atoms. The third-order valence-electron chi connectivity index (χ3n) is 4.22. The molecule has 0 saturated carbocycles. The van der Waals surface area contributed by atoms with E-state index in [9.17, 15) is 18.0 Å². The van der Waals surface area contributed by atoms with E-state index in [2.05, 4.69) is 0 Å². The van der Waals surface area contributed by atoms with E-state index in [4.69, 9.17) is 5.73 Å². The summed E-state index contributed by atoms with van der Waals surface area (Å²) >= 11 is 0. The van der Waals surface area contributed by atoms with Gasteiger partial charge in [-0.25, -0.2) is 0 Å². The van der Waals surface area contributed by atoms with Crippen LogP contribution in [-0.4, -0.2) is 29.9 Å². The number of alkyl halides is 3. The Morgan fingerprint density at radius 1 is 1.39 bits per heavy atom. The SMILES string of the molecule is CC(N)C1CCCN(C(=O)Cc2ccccc2C(F)(F)F)C1.Cl. The van der Waals surface area contributed by atoms with Crippen LogP contribution in [0.3, 0.4) is 0 Å². The minimum Gasteiger partial charge on any atom is -0.342 e. The topological polar surface area (TPSA) is 46.3 Å². The lowest BCUT2D eigenvalue weighted by atomic mass is 9.91. The molecular formula is C16H22ClF3N2O. The summed E-state index contributed by atoms with van der Waals surface area (Å²) in [5, 5.41) is 0. The Morgan fingerprint density at radius 2 is 2.04 bits per heavy atom. The maximum atomic E-state index is 13.0. The quantitative estimate of drug-likeness (QED) is 0.909. The molecule has 1 heterocycles. The average Bonchev–Trinajstić information content (AvgIpc) is 2.46. The largest absolute Gasteiger partial charge is 0.416 e. The Balaban J connectivity index is 0.00000264. The predicted octanol–water partition coefficient (Wildman–Crippen LogP) is 3.26. The maximum Gasteiger partial charge on any atom is 0.416 e. The van der Waals surface area contributed by atoms with Crippen LogP contribution >= 0.6 is 12.4 Å². The van der Waals surface area contributed by atoms with Gasteiger partial charge in [-0.05, 0) is 37.3 Å². The minimum atomic E-state index is -4.44. The van der Waals surface area contributed by atoms with Gasteiger partial charge in [-0.2, -0.15) is 13.2 Å². The van der Waals surface area contributed by atoms with Gasteiger partial charge in [0.2, 0.25) is 5.91 Å². The molecule has 1 saturated heterocycles. The van der Waals surface area contributed by atoms with Gasteiger partial charge in [0.15, 0.2) is 0 Å². The molecule has 0 aromatic heterocycles. The van der Waals surface area contributed by atoms with E-state index in [-0.39, 0.29) is 42.3 Å². The molecule has 130 valence electrons. The molecule has 1 aliphatic rings. The highest BCUT2D eigenvalue weighted by Crippen LogP contribution is 2.32. The molecule has 0 aliphatic carbocycles. The van der Waals surface area contributed by atoms with Crippen molar-refractivity contribution in [1.29, 1.82) is 0 Å². The van der Waals surface area contributed by atoms with Crippen molar-refractivity contribution in [2.45, 2.75) is 38.4 Å². The summed E-state index contributed by atoms with van der Waals surface area (Å²) in [6.07, 6.45) is -2.85. The number of nitrogens with zero attached hydrogens (tertiary/aromatic N) is 1. The van der Waals surface area contributed by atoms with Gasteiger partial charge in [-0.1, -0.05) is 18.2 Å². The zero-order valence-electron chi connectivity index (χ0n) is 13.0. The van der Waals surface area contributed by atoms with Gasteiger partial charge in [0.25, 0.3) is 0 Å². The first-order valence-corrected chi connectivity index (χ1v) is 7.47. The molecule has 1 fully saturated rings. The van der Waals surface area contributed by atoms with Crippen LogP contribution in [0.15, 0.2) is 24.3 Å². The molecule has 2 rings (SSSR count). The normalized spacial score (nSPS) is 19.9. The van der Waals surface area contributed by atoms with Crippen molar-refractivity contribution in [2.24, 2.45) is 11.7 Å². The standard InChI is InChI=1S/C16H21F3N2O.ClH/c1-11(20)13-6-4-8-21(10-13)15(22)9-12-5-2-3-7-14(12)16(17,18)19;/h2-3,5,7,11,13H,4,6,8-10,20H2,1H3;1H. The highest BCUT2D eigenvalue weighted by molar-refractivity contribution is 5.85. The monoisotopic (exact) mass is 350 g/mol. The van der Waals surface area contributed by atoms with E-state index in [1.165, 1.54) is 18.2 Å². The van der Waals surface area contributed by atoms with Crippen molar-refractivity contribution in [1.82, 2.24) is 4.90 Å². The van der Waals surface area contributed by atoms with Crippen molar-refractivity contribution >= 4 is 18.3 Å². The van der Waals surface area contributed by atoms with Crippen molar-refractivity contribution in [3.63, 3.8) is 0 Å². The Morgan fingerprint density at radius 3 is 2.65 bits per heavy atom. The second-order valence-corrected chi connectivity index (χ2v) is 5.93. The summed E-state index contributed by atoms with van der Waals surface area (Å²) < 4.78 is 38.9. The lowest BCUT2D eigenvalue weighted by Crippen LogP contribution is -2.45. The first-order valence-electron chi connectivity index (χ1n) is 7.47. The molecule has 1 aromatic carbocycles. The van der Waals surface area contributed by atoms with Gasteiger partial charge >= 0.3 is 6.18 Å². The molecule has 2 atom stereocenters. The molecule has 2 unspecified atom stereocenters. The average molecular weight is 351 g/mol. The van der Waals surface area contributed by atoms with Crippen LogP contribution in [0.5, 0.6) is 0 Å². The number of hydrogen-bond donors (Lipinski definition) is 1. The van der Waals surface area contributed by atoms with Gasteiger partial charge in [0, 0.05) is 19.1 Å². The summed E-state index contributed by atoms with van der Waals surface area (Å²) in [6.45, 7) is 3.03. The van der Waals surface area contributed by atoms with E-state index in [1.807, 2.05) is 6.92 Å². The number of likely N-dealkylation sites (tertiary alicyclic amines) is 1. The zero-order chi connectivity index (χ0) is 16.3. The van der Waals surface area contributed by atoms with Gasteiger partial charge in [0.05, 0.1) is 12.0 Å². The predicted molar refractivity (Wildman–Crippen MR) is 85.3 cm³/mol. The van der Waals surface area contributed by atoms with Gasteiger partial charge in [0.1, 0.15) is 0 Å². The third-order valence-corrected chi connectivity index (χ3v) is 4.22. The summed E-state index contributed by atoms with van der Waals surface area (Å²) in [5.74, 6) is -0.0439. The van der Waals surface area contributed by atoms with E-state index in [1.54, 1.807) is 4.90 Å². The Bertz CT molecular complexity index is 534. The van der Waals surface area contributed by atoms with Crippen LogP contribution in [-0.2, 0) is 17.4 Å². The fourth-order valence-electron chi connectivity index (χ4n) is 2.89. The fraction of sp³-hybridized carbons (Fsp3) is 0.562. The summed E-state index contributed by atoms with van der Waals surface area (Å²) in [6, 6.07) is 5.23. The molecule has 1 aliphatic heterocycles. The van der Waals surface area contributed by atoms with Crippen LogP contribution in [0.2, 0.25) is 0 Å². The smallest absolute Gasteiger partial charge is 0.342 e. The van der Waals surface area contributed by atoms with E-state index < -0.39 is 11.7 Å². The first-order chi connectivity index (χ1) is 10.3. The second-order valence-electron chi connectivity index (χ2n) is 5.93. The van der Waals surface area contributed by atoms with Crippen molar-refractivity contribution in [2.75, 3.05) is 13.1 Å². The number of hydrogen-bond acceptors (Lipinski definition) is 2. The van der Waals surface area contributed by atoms with E-state index in [0.717, 1.165) is 18.9 Å². The molecule has 1 amide bonds. The Kier molecular flexibility index (Phi) is 6.89. The number of rotatable bonds is 3. The zero-order valence-corrected chi connectivity index (χ0v) is 13.8. The lowest BCUT2D eigenvalue weighted by Gasteiger charge is -2.34. The Labute approximate surface area is 140 Å². The molecule has 3 nitrogen and oxygen atoms in total. The van der Waals surface area contributed by atoms with E-state index >= 15 is 0 Å². The van der Waals surface area contributed by atoms with Crippen LogP contribution in [0.4, 0.5) is 13.2 Å². The highest BCUT2D eigenvalue weighted by Gasteiger charge is 2.34. The fourth-order valence-corrected chi connectivity index (χ4v) is 2.89. The lowest BCUT2D eigenvalue weighted by molar-refractivity contribution is -0.139. The van der Waals surface area contributed by atoms with Crippen LogP contribution in [0.1, 0.15) is 30.9 Å². The van der Waals surface area contributed by atoms with Gasteiger partial charge < -0.3 is 10.6 Å². The van der Waals surface area contributed by atoms with Crippen molar-refractivity contribution in [3.8, 4) is 0 Å². The number of halogens is 4. The highest BCUT2D eigenvalue weighted by atomic mass is 35.5. The van der Waals surface area contributed by atoms with Crippen LogP contribution < -0.4 is 5.73 Å².